The summed E-state index contributed by atoms with van der Waals surface area (Å²) in [6.07, 6.45) is 3.27. The number of nitrogens with one attached hydrogen (secondary N) is 1. The Balaban J connectivity index is 2.52. The molecule has 0 aliphatic heterocycles. The number of rotatable bonds is 3. The predicted octanol–water partition coefficient (Wildman–Crippen LogP) is 3.49. The molecule has 0 aliphatic carbocycles. The SMILES string of the molecule is CNC(c1cc(F)ccc1C)c1ccncc1Cl. The number of hydrogen-bond donors (Lipinski definition) is 1. The summed E-state index contributed by atoms with van der Waals surface area (Å²) in [7, 11) is 1.83. The van der Waals surface area contributed by atoms with Crippen molar-refractivity contribution in [3.05, 3.63) is 64.2 Å². The molecule has 2 nitrogen and oxygen atoms in total. The second kappa shape index (κ2) is 5.46. The molecule has 0 aliphatic rings. The zero-order valence-corrected chi connectivity index (χ0v) is 11.0. The van der Waals surface area contributed by atoms with E-state index >= 15 is 0 Å². The number of hydrogen-bond acceptors (Lipinski definition) is 2. The Morgan fingerprint density at radius 1 is 1.28 bits per heavy atom. The van der Waals surface area contributed by atoms with Gasteiger partial charge in [-0.1, -0.05) is 17.7 Å². The molecule has 0 fully saturated rings. The molecule has 0 bridgehead atoms. The first-order valence-electron chi connectivity index (χ1n) is 5.66. The summed E-state index contributed by atoms with van der Waals surface area (Å²) in [4.78, 5) is 3.96. The van der Waals surface area contributed by atoms with E-state index in [4.69, 9.17) is 11.6 Å². The highest BCUT2D eigenvalue weighted by atomic mass is 35.5. The molecule has 18 heavy (non-hydrogen) atoms. The molecule has 1 aromatic carbocycles. The third-order valence-corrected chi connectivity index (χ3v) is 3.27. The number of benzene rings is 1. The van der Waals surface area contributed by atoms with Crippen LogP contribution in [0.3, 0.4) is 0 Å². The normalized spacial score (nSPS) is 12.4. The van der Waals surface area contributed by atoms with Crippen LogP contribution in [0.25, 0.3) is 0 Å². The van der Waals surface area contributed by atoms with Crippen molar-refractivity contribution in [1.29, 1.82) is 0 Å². The molecule has 1 unspecified atom stereocenters. The Morgan fingerprint density at radius 2 is 2.06 bits per heavy atom. The highest BCUT2D eigenvalue weighted by Crippen LogP contribution is 2.29. The highest BCUT2D eigenvalue weighted by molar-refractivity contribution is 6.31. The van der Waals surface area contributed by atoms with Crippen LogP contribution >= 0.6 is 11.6 Å². The number of nitrogens with zero attached hydrogens (tertiary/aromatic N) is 1. The summed E-state index contributed by atoms with van der Waals surface area (Å²) in [5, 5.41) is 3.73. The van der Waals surface area contributed by atoms with Crippen molar-refractivity contribution in [2.75, 3.05) is 7.05 Å². The molecule has 0 spiro atoms. The van der Waals surface area contributed by atoms with Gasteiger partial charge < -0.3 is 5.32 Å². The van der Waals surface area contributed by atoms with Gasteiger partial charge in [0.25, 0.3) is 0 Å². The Hall–Kier alpha value is -1.45. The molecule has 1 aromatic heterocycles. The van der Waals surface area contributed by atoms with Gasteiger partial charge in [-0.15, -0.1) is 0 Å². The van der Waals surface area contributed by atoms with Crippen molar-refractivity contribution in [3.63, 3.8) is 0 Å². The van der Waals surface area contributed by atoms with Crippen molar-refractivity contribution in [2.45, 2.75) is 13.0 Å². The first-order chi connectivity index (χ1) is 8.63. The molecule has 0 radical (unpaired) electrons. The fourth-order valence-corrected chi connectivity index (χ4v) is 2.25. The molecule has 1 atom stereocenters. The van der Waals surface area contributed by atoms with Gasteiger partial charge in [0.15, 0.2) is 0 Å². The smallest absolute Gasteiger partial charge is 0.123 e. The molecule has 0 amide bonds. The zero-order chi connectivity index (χ0) is 13.1. The topological polar surface area (TPSA) is 24.9 Å². The van der Waals surface area contributed by atoms with Crippen LogP contribution in [0, 0.1) is 12.7 Å². The average molecular weight is 265 g/mol. The van der Waals surface area contributed by atoms with Crippen molar-refractivity contribution in [1.82, 2.24) is 10.3 Å². The monoisotopic (exact) mass is 264 g/mol. The lowest BCUT2D eigenvalue weighted by Gasteiger charge is -2.20. The molecule has 94 valence electrons. The molecule has 4 heteroatoms. The molecular formula is C14H14ClFN2. The van der Waals surface area contributed by atoms with Gasteiger partial charge in [-0.2, -0.15) is 0 Å². The maximum atomic E-state index is 13.4. The van der Waals surface area contributed by atoms with E-state index in [-0.39, 0.29) is 11.9 Å². The summed E-state index contributed by atoms with van der Waals surface area (Å²) >= 11 is 6.14. The number of aromatic nitrogens is 1. The molecule has 1 heterocycles. The van der Waals surface area contributed by atoms with Gasteiger partial charge >= 0.3 is 0 Å². The lowest BCUT2D eigenvalue weighted by molar-refractivity contribution is 0.615. The lowest BCUT2D eigenvalue weighted by Crippen LogP contribution is -2.19. The van der Waals surface area contributed by atoms with Gasteiger partial charge in [0.2, 0.25) is 0 Å². The minimum absolute atomic E-state index is 0.142. The van der Waals surface area contributed by atoms with E-state index < -0.39 is 0 Å². The maximum absolute atomic E-state index is 13.4. The minimum atomic E-state index is -0.249. The highest BCUT2D eigenvalue weighted by Gasteiger charge is 2.17. The Morgan fingerprint density at radius 3 is 2.72 bits per heavy atom. The minimum Gasteiger partial charge on any atom is -0.309 e. The molecule has 2 aromatic rings. The quantitative estimate of drug-likeness (QED) is 0.918. The fourth-order valence-electron chi connectivity index (χ4n) is 2.02. The third-order valence-electron chi connectivity index (χ3n) is 2.96. The van der Waals surface area contributed by atoms with E-state index in [1.165, 1.54) is 12.1 Å². The lowest BCUT2D eigenvalue weighted by atomic mass is 9.95. The molecule has 1 N–H and O–H groups in total. The number of pyridine rings is 1. The number of halogens is 2. The molecular weight excluding hydrogens is 251 g/mol. The molecule has 2 rings (SSSR count). The van der Waals surface area contributed by atoms with E-state index in [1.54, 1.807) is 18.5 Å². The van der Waals surface area contributed by atoms with Gasteiger partial charge in [0, 0.05) is 12.4 Å². The van der Waals surface area contributed by atoms with Crippen LogP contribution < -0.4 is 5.32 Å². The average Bonchev–Trinajstić information content (AvgIpc) is 2.36. The van der Waals surface area contributed by atoms with Crippen molar-refractivity contribution in [3.8, 4) is 0 Å². The van der Waals surface area contributed by atoms with Gasteiger partial charge in [-0.25, -0.2) is 4.39 Å². The first-order valence-corrected chi connectivity index (χ1v) is 6.04. The van der Waals surface area contributed by atoms with Crippen LogP contribution in [0.15, 0.2) is 36.7 Å². The summed E-state index contributed by atoms with van der Waals surface area (Å²) < 4.78 is 13.4. The fraction of sp³-hybridized carbons (Fsp3) is 0.214. The summed E-state index contributed by atoms with van der Waals surface area (Å²) in [5.41, 5.74) is 2.79. The van der Waals surface area contributed by atoms with E-state index in [1.807, 2.05) is 20.0 Å². The van der Waals surface area contributed by atoms with Crippen LogP contribution in [-0.4, -0.2) is 12.0 Å². The van der Waals surface area contributed by atoms with Crippen LogP contribution in [0.4, 0.5) is 4.39 Å². The largest absolute Gasteiger partial charge is 0.309 e. The van der Waals surface area contributed by atoms with Crippen molar-refractivity contribution in [2.24, 2.45) is 0 Å². The second-order valence-corrected chi connectivity index (χ2v) is 4.53. The maximum Gasteiger partial charge on any atom is 0.123 e. The summed E-state index contributed by atoms with van der Waals surface area (Å²) in [6, 6.07) is 6.46. The van der Waals surface area contributed by atoms with Crippen molar-refractivity contribution < 1.29 is 4.39 Å². The first kappa shape index (κ1) is 13.0. The van der Waals surface area contributed by atoms with E-state index in [9.17, 15) is 4.39 Å². The predicted molar refractivity (Wildman–Crippen MR) is 71.3 cm³/mol. The van der Waals surface area contributed by atoms with Crippen LogP contribution in [0.2, 0.25) is 5.02 Å². The summed E-state index contributed by atoms with van der Waals surface area (Å²) in [5.74, 6) is -0.249. The van der Waals surface area contributed by atoms with Gasteiger partial charge in [0.1, 0.15) is 5.82 Å². The van der Waals surface area contributed by atoms with Crippen molar-refractivity contribution >= 4 is 11.6 Å². The van der Waals surface area contributed by atoms with Crippen LogP contribution in [-0.2, 0) is 0 Å². The zero-order valence-electron chi connectivity index (χ0n) is 10.2. The van der Waals surface area contributed by atoms with Crippen LogP contribution in [0.5, 0.6) is 0 Å². The Labute approximate surface area is 111 Å². The molecule has 0 saturated heterocycles. The van der Waals surface area contributed by atoms with Crippen LogP contribution in [0.1, 0.15) is 22.7 Å². The van der Waals surface area contributed by atoms with Gasteiger partial charge in [0.05, 0.1) is 11.1 Å². The standard InChI is InChI=1S/C14H14ClFN2/c1-9-3-4-10(16)7-12(9)14(17-2)11-5-6-18-8-13(11)15/h3-8,14,17H,1-2H3. The summed E-state index contributed by atoms with van der Waals surface area (Å²) in [6.45, 7) is 1.95. The van der Waals surface area contributed by atoms with E-state index in [2.05, 4.69) is 10.3 Å². The van der Waals surface area contributed by atoms with E-state index in [0.29, 0.717) is 5.02 Å². The Kier molecular flexibility index (Phi) is 3.94. The third kappa shape index (κ3) is 2.52. The van der Waals surface area contributed by atoms with Gasteiger partial charge in [-0.3, -0.25) is 4.98 Å². The van der Waals surface area contributed by atoms with E-state index in [0.717, 1.165) is 16.7 Å². The Bertz CT molecular complexity index is 557. The van der Waals surface area contributed by atoms with Gasteiger partial charge in [-0.05, 0) is 48.9 Å². The number of aryl methyl sites for hydroxylation is 1. The second-order valence-electron chi connectivity index (χ2n) is 4.12. The molecule has 0 saturated carbocycles.